The molecule has 6 nitrogen and oxygen atoms in total. The second kappa shape index (κ2) is 10.4. The van der Waals surface area contributed by atoms with Crippen LogP contribution >= 0.6 is 0 Å². The normalized spacial score (nSPS) is 46.4. The molecule has 228 valence electrons. The van der Waals surface area contributed by atoms with Gasteiger partial charge in [-0.25, -0.2) is 4.79 Å². The fraction of sp³-hybridized carbons (Fsp3) is 0.639. The van der Waals surface area contributed by atoms with Gasteiger partial charge in [-0.1, -0.05) is 67.4 Å². The predicted molar refractivity (Wildman–Crippen MR) is 162 cm³/mol. The van der Waals surface area contributed by atoms with Crippen molar-refractivity contribution in [3.63, 3.8) is 0 Å². The summed E-state index contributed by atoms with van der Waals surface area (Å²) in [5.74, 6) is -2.01. The van der Waals surface area contributed by atoms with E-state index in [1.807, 2.05) is 13.8 Å². The Balaban J connectivity index is 1.80. The molecule has 0 aromatic carbocycles. The molecule has 42 heavy (non-hydrogen) atoms. The van der Waals surface area contributed by atoms with Crippen molar-refractivity contribution in [1.29, 1.82) is 0 Å². The number of allylic oxidation sites excluding steroid dienone is 6. The number of rotatable bonds is 1. The van der Waals surface area contributed by atoms with E-state index in [1.165, 1.54) is 6.92 Å². The summed E-state index contributed by atoms with van der Waals surface area (Å²) in [4.78, 5) is 40.8. The van der Waals surface area contributed by atoms with Gasteiger partial charge >= 0.3 is 11.9 Å². The van der Waals surface area contributed by atoms with Crippen molar-refractivity contribution in [3.8, 4) is 0 Å². The molecular weight excluding hydrogens is 528 g/mol. The molecule has 2 bridgehead atoms. The highest BCUT2D eigenvalue weighted by molar-refractivity contribution is 6.26. The number of ether oxygens (including phenoxy) is 2. The topological polar surface area (TPSA) is 89.9 Å². The third-order valence-electron chi connectivity index (χ3n) is 11.5. The van der Waals surface area contributed by atoms with Crippen molar-refractivity contribution in [2.45, 2.75) is 106 Å². The molecule has 9 atom stereocenters. The first-order chi connectivity index (χ1) is 19.6. The molecule has 4 aliphatic carbocycles. The molecule has 1 saturated carbocycles. The van der Waals surface area contributed by atoms with E-state index in [-0.39, 0.29) is 53.0 Å². The molecule has 0 amide bonds. The van der Waals surface area contributed by atoms with Crippen molar-refractivity contribution in [1.82, 2.24) is 0 Å². The molecule has 1 aliphatic heterocycles. The Morgan fingerprint density at radius 1 is 1.02 bits per heavy atom. The van der Waals surface area contributed by atoms with Gasteiger partial charge in [0.1, 0.15) is 17.4 Å². The summed E-state index contributed by atoms with van der Waals surface area (Å²) in [7, 11) is 0. The predicted octanol–water partition coefficient (Wildman–Crippen LogP) is 7.52. The summed E-state index contributed by atoms with van der Waals surface area (Å²) in [6, 6.07) is 0. The lowest BCUT2D eigenvalue weighted by atomic mass is 9.49. The zero-order valence-electron chi connectivity index (χ0n) is 26.8. The summed E-state index contributed by atoms with van der Waals surface area (Å²) in [6.07, 6.45) is 11.9. The molecule has 6 heteroatoms. The van der Waals surface area contributed by atoms with Crippen LogP contribution in [0.4, 0.5) is 0 Å². The number of hydrogen-bond donors (Lipinski definition) is 1. The highest BCUT2D eigenvalue weighted by atomic mass is 16.6. The second-order valence-electron chi connectivity index (χ2n) is 14.5. The number of esters is 2. The van der Waals surface area contributed by atoms with Crippen LogP contribution in [0.25, 0.3) is 0 Å². The average Bonchev–Trinajstić information content (AvgIpc) is 3.13. The molecule has 1 N–H and O–H groups in total. The lowest BCUT2D eigenvalue weighted by Crippen LogP contribution is -2.54. The van der Waals surface area contributed by atoms with Gasteiger partial charge in [-0.2, -0.15) is 0 Å². The number of hydrogen-bond acceptors (Lipinski definition) is 6. The van der Waals surface area contributed by atoms with Gasteiger partial charge in [-0.3, -0.25) is 9.59 Å². The lowest BCUT2D eigenvalue weighted by Gasteiger charge is -2.56. The number of carbonyl (C=O) groups excluding carboxylic acids is 3. The van der Waals surface area contributed by atoms with Crippen LogP contribution < -0.4 is 0 Å². The smallest absolute Gasteiger partial charge is 0.346 e. The van der Waals surface area contributed by atoms with Crippen LogP contribution in [-0.4, -0.2) is 34.5 Å². The summed E-state index contributed by atoms with van der Waals surface area (Å²) < 4.78 is 12.1. The van der Waals surface area contributed by atoms with Crippen molar-refractivity contribution in [3.05, 3.63) is 57.9 Å². The monoisotopic (exact) mass is 576 g/mol. The zero-order valence-corrected chi connectivity index (χ0v) is 26.8. The molecule has 0 aromatic rings. The Bertz CT molecular complexity index is 1370. The Hall–Kier alpha value is -2.89. The van der Waals surface area contributed by atoms with E-state index in [9.17, 15) is 19.5 Å². The number of aliphatic hydroxyl groups excluding tert-OH is 1. The minimum absolute atomic E-state index is 0.0417. The molecule has 5 rings (SSSR count). The molecule has 1 spiro atoms. The minimum Gasteiger partial charge on any atom is -0.511 e. The van der Waals surface area contributed by atoms with Gasteiger partial charge in [-0.05, 0) is 78.1 Å². The third-order valence-corrected chi connectivity index (χ3v) is 11.5. The van der Waals surface area contributed by atoms with Gasteiger partial charge in [0.2, 0.25) is 5.78 Å². The van der Waals surface area contributed by atoms with E-state index < -0.39 is 28.2 Å². The van der Waals surface area contributed by atoms with Crippen molar-refractivity contribution >= 4 is 17.7 Å². The highest BCUT2D eigenvalue weighted by Crippen LogP contribution is 2.62. The average molecular weight is 577 g/mol. The van der Waals surface area contributed by atoms with Crippen LogP contribution in [0, 0.1) is 40.4 Å². The summed E-state index contributed by atoms with van der Waals surface area (Å²) >= 11 is 0. The van der Waals surface area contributed by atoms with Crippen LogP contribution in [0.15, 0.2) is 57.9 Å². The van der Waals surface area contributed by atoms with E-state index >= 15 is 0 Å². The van der Waals surface area contributed by atoms with Gasteiger partial charge in [-0.15, -0.1) is 0 Å². The number of fused-ring (bicyclic) bond motifs is 4. The van der Waals surface area contributed by atoms with E-state index in [2.05, 4.69) is 65.8 Å². The molecule has 0 radical (unpaired) electrons. The van der Waals surface area contributed by atoms with Gasteiger partial charge < -0.3 is 14.6 Å². The van der Waals surface area contributed by atoms with Gasteiger partial charge in [0.05, 0.1) is 5.41 Å². The molecule has 0 unspecified atom stereocenters. The maximum absolute atomic E-state index is 14.8. The van der Waals surface area contributed by atoms with Crippen LogP contribution in [0.2, 0.25) is 0 Å². The first-order valence-electron chi connectivity index (χ1n) is 15.7. The number of carbonyl (C=O) groups is 3. The van der Waals surface area contributed by atoms with E-state index in [1.54, 1.807) is 0 Å². The molecule has 5 aliphatic rings. The maximum atomic E-state index is 14.8. The molecule has 0 aromatic heterocycles. The van der Waals surface area contributed by atoms with Crippen LogP contribution in [0.3, 0.4) is 0 Å². The Morgan fingerprint density at radius 3 is 2.38 bits per heavy atom. The standard InChI is InChI=1S/C36H48O6/c1-19-11-10-12-20(2)29-22(4)15-26-27(41-25(7)37)14-13-21(3)30(26)35(29,9)31(38)28-32(39)36(42-33(28)40)18-24(6)23(5)17-34(36,8)16-19/h12,15-17,21,24,26-27,29-30,38H,10-11,13-14,18H2,1-9H3/b19-16-,20-12-,31-28-/t21-,24+,26+,27-,29+,30+,34+,35+,36+/m0/s1. The van der Waals surface area contributed by atoms with E-state index in [0.29, 0.717) is 6.42 Å². The number of Topliss-reactive ketones (excluding diaryl/α,β-unsaturated/α-hetero) is 1. The Morgan fingerprint density at radius 2 is 1.71 bits per heavy atom. The van der Waals surface area contributed by atoms with Crippen LogP contribution in [0.1, 0.15) is 94.4 Å². The summed E-state index contributed by atoms with van der Waals surface area (Å²) in [5, 5.41) is 12.5. The summed E-state index contributed by atoms with van der Waals surface area (Å²) in [5.41, 5.74) is 0.982. The van der Waals surface area contributed by atoms with Crippen molar-refractivity contribution in [2.75, 3.05) is 0 Å². The fourth-order valence-electron chi connectivity index (χ4n) is 9.60. The Labute approximate surface area is 251 Å². The zero-order chi connectivity index (χ0) is 30.9. The highest BCUT2D eigenvalue weighted by Gasteiger charge is 2.66. The maximum Gasteiger partial charge on any atom is 0.346 e. The quantitative estimate of drug-likeness (QED) is 0.197. The first kappa shape index (κ1) is 30.6. The molecule has 2 fully saturated rings. The first-order valence-corrected chi connectivity index (χ1v) is 15.7. The SMILES string of the molecule is CC(=O)O[C@H]1CC[C@H](C)[C@@H]2[C@@H]1C=C(C)[C@H]1/C(C)=C\CC/C(C)=C\[C@]3(C)C=C(C)[C@H](C)C[C@]34OC(=O)/C(=C(\O)[C@@]21C)C4=O. The summed E-state index contributed by atoms with van der Waals surface area (Å²) in [6.45, 7) is 18.0. The second-order valence-corrected chi connectivity index (χ2v) is 14.5. The van der Waals surface area contributed by atoms with Crippen LogP contribution in [0.5, 0.6) is 0 Å². The van der Waals surface area contributed by atoms with Crippen molar-refractivity contribution in [2.24, 2.45) is 40.4 Å². The van der Waals surface area contributed by atoms with Crippen LogP contribution in [-0.2, 0) is 23.9 Å². The van der Waals surface area contributed by atoms with Gasteiger partial charge in [0.15, 0.2) is 5.60 Å². The van der Waals surface area contributed by atoms with Gasteiger partial charge in [0, 0.05) is 30.6 Å². The number of ketones is 1. The van der Waals surface area contributed by atoms with Crippen molar-refractivity contribution < 1.29 is 29.0 Å². The van der Waals surface area contributed by atoms with E-state index in [0.717, 1.165) is 48.0 Å². The van der Waals surface area contributed by atoms with Gasteiger partial charge in [0.25, 0.3) is 0 Å². The Kier molecular flexibility index (Phi) is 7.55. The largest absolute Gasteiger partial charge is 0.511 e. The number of aliphatic hydroxyl groups is 1. The molecular formula is C36H48O6. The molecule has 1 saturated heterocycles. The van der Waals surface area contributed by atoms with E-state index in [4.69, 9.17) is 9.47 Å². The lowest BCUT2D eigenvalue weighted by molar-refractivity contribution is -0.162. The minimum atomic E-state index is -1.42. The fourth-order valence-corrected chi connectivity index (χ4v) is 9.60. The molecule has 1 heterocycles. The third kappa shape index (κ3) is 4.38.